The predicted octanol–water partition coefficient (Wildman–Crippen LogP) is 3.75. The molecule has 31 heavy (non-hydrogen) atoms. The van der Waals surface area contributed by atoms with Gasteiger partial charge in [-0.05, 0) is 61.0 Å². The van der Waals surface area contributed by atoms with E-state index in [9.17, 15) is 13.2 Å². The SMILES string of the molecule is C[C@H](NC(=O)c1ccc(S(=O)(=O)Nc2ccccc2)cc1)c1ccc2c(c1)OCCO2. The summed E-state index contributed by atoms with van der Waals surface area (Å²) in [6.07, 6.45) is 0. The number of sulfonamides is 1. The van der Waals surface area contributed by atoms with Gasteiger partial charge in [-0.25, -0.2) is 8.42 Å². The van der Waals surface area contributed by atoms with Crippen molar-refractivity contribution in [1.82, 2.24) is 5.32 Å². The first kappa shape index (κ1) is 20.7. The molecule has 7 nitrogen and oxygen atoms in total. The molecule has 0 spiro atoms. The minimum atomic E-state index is -3.74. The van der Waals surface area contributed by atoms with E-state index in [0.29, 0.717) is 36.0 Å². The summed E-state index contributed by atoms with van der Waals surface area (Å²) in [5.41, 5.74) is 1.71. The van der Waals surface area contributed by atoms with E-state index in [2.05, 4.69) is 10.0 Å². The van der Waals surface area contributed by atoms with Gasteiger partial charge < -0.3 is 14.8 Å². The van der Waals surface area contributed by atoms with Gasteiger partial charge in [0.2, 0.25) is 0 Å². The zero-order valence-corrected chi connectivity index (χ0v) is 17.7. The molecule has 8 heteroatoms. The van der Waals surface area contributed by atoms with Crippen molar-refractivity contribution in [3.05, 3.63) is 83.9 Å². The van der Waals surface area contributed by atoms with Crippen LogP contribution in [-0.2, 0) is 10.0 Å². The van der Waals surface area contributed by atoms with Crippen LogP contribution in [0.5, 0.6) is 11.5 Å². The molecule has 0 radical (unpaired) electrons. The van der Waals surface area contributed by atoms with Crippen LogP contribution in [-0.4, -0.2) is 27.5 Å². The number of fused-ring (bicyclic) bond motifs is 1. The Morgan fingerprint density at radius 3 is 2.29 bits per heavy atom. The average Bonchev–Trinajstić information content (AvgIpc) is 2.79. The second kappa shape index (κ2) is 8.69. The first-order chi connectivity index (χ1) is 14.9. The van der Waals surface area contributed by atoms with Crippen LogP contribution in [0.1, 0.15) is 28.9 Å². The number of benzene rings is 3. The molecule has 1 heterocycles. The quantitative estimate of drug-likeness (QED) is 0.611. The van der Waals surface area contributed by atoms with Gasteiger partial charge in [-0.15, -0.1) is 0 Å². The second-order valence-electron chi connectivity index (χ2n) is 7.09. The molecule has 0 bridgehead atoms. The Balaban J connectivity index is 1.43. The first-order valence-electron chi connectivity index (χ1n) is 9.81. The first-order valence-corrected chi connectivity index (χ1v) is 11.3. The molecule has 2 N–H and O–H groups in total. The third-order valence-electron chi connectivity index (χ3n) is 4.87. The van der Waals surface area contributed by atoms with Crippen molar-refractivity contribution in [2.75, 3.05) is 17.9 Å². The fraction of sp³-hybridized carbons (Fsp3) is 0.174. The lowest BCUT2D eigenvalue weighted by Gasteiger charge is -2.21. The Bertz CT molecular complexity index is 1180. The summed E-state index contributed by atoms with van der Waals surface area (Å²) in [5, 5.41) is 2.92. The average molecular weight is 439 g/mol. The van der Waals surface area contributed by atoms with E-state index in [-0.39, 0.29) is 16.8 Å². The second-order valence-corrected chi connectivity index (χ2v) is 8.78. The lowest BCUT2D eigenvalue weighted by molar-refractivity contribution is 0.0939. The van der Waals surface area contributed by atoms with E-state index >= 15 is 0 Å². The van der Waals surface area contributed by atoms with Gasteiger partial charge in [-0.3, -0.25) is 9.52 Å². The molecular formula is C23H22N2O5S. The van der Waals surface area contributed by atoms with Gasteiger partial charge in [0.25, 0.3) is 15.9 Å². The standard InChI is InChI=1S/C23H22N2O5S/c1-16(18-9-12-21-22(15-18)30-14-13-29-21)24-23(26)17-7-10-20(11-8-17)31(27,28)25-19-5-3-2-4-6-19/h2-12,15-16,25H,13-14H2,1H3,(H,24,26)/t16-/m0/s1. The van der Waals surface area contributed by atoms with Crippen LogP contribution in [0.4, 0.5) is 5.69 Å². The monoisotopic (exact) mass is 438 g/mol. The summed E-state index contributed by atoms with van der Waals surface area (Å²) in [4.78, 5) is 12.7. The van der Waals surface area contributed by atoms with Gasteiger partial charge in [0.05, 0.1) is 10.9 Å². The maximum Gasteiger partial charge on any atom is 0.261 e. The molecule has 1 amide bonds. The lowest BCUT2D eigenvalue weighted by atomic mass is 10.1. The topological polar surface area (TPSA) is 93.7 Å². The third-order valence-corrected chi connectivity index (χ3v) is 6.26. The summed E-state index contributed by atoms with van der Waals surface area (Å²) in [6.45, 7) is 2.88. The molecule has 1 atom stereocenters. The molecule has 0 aromatic heterocycles. The van der Waals surface area contributed by atoms with Gasteiger partial charge in [0, 0.05) is 11.3 Å². The van der Waals surface area contributed by atoms with Crippen LogP contribution in [0.25, 0.3) is 0 Å². The number of ether oxygens (including phenoxy) is 2. The van der Waals surface area contributed by atoms with Crippen LogP contribution >= 0.6 is 0 Å². The summed E-state index contributed by atoms with van der Waals surface area (Å²) in [7, 11) is -3.74. The molecule has 0 saturated heterocycles. The van der Waals surface area contributed by atoms with E-state index in [0.717, 1.165) is 5.56 Å². The van der Waals surface area contributed by atoms with Crippen molar-refractivity contribution in [3.8, 4) is 11.5 Å². The van der Waals surface area contributed by atoms with E-state index in [1.807, 2.05) is 25.1 Å². The van der Waals surface area contributed by atoms with Crippen molar-refractivity contribution < 1.29 is 22.7 Å². The number of hydrogen-bond acceptors (Lipinski definition) is 5. The number of amides is 1. The van der Waals surface area contributed by atoms with Gasteiger partial charge in [0.15, 0.2) is 11.5 Å². The Morgan fingerprint density at radius 1 is 0.903 bits per heavy atom. The van der Waals surface area contributed by atoms with E-state index in [1.54, 1.807) is 30.3 Å². The number of carbonyl (C=O) groups excluding carboxylic acids is 1. The van der Waals surface area contributed by atoms with Crippen LogP contribution in [0.3, 0.4) is 0 Å². The molecule has 1 aliphatic rings. The van der Waals surface area contributed by atoms with Crippen LogP contribution in [0.15, 0.2) is 77.7 Å². The summed E-state index contributed by atoms with van der Waals surface area (Å²) in [5.74, 6) is 1.04. The molecule has 0 saturated carbocycles. The summed E-state index contributed by atoms with van der Waals surface area (Å²) >= 11 is 0. The van der Waals surface area contributed by atoms with Gasteiger partial charge in [-0.2, -0.15) is 0 Å². The van der Waals surface area contributed by atoms with Crippen LogP contribution < -0.4 is 19.5 Å². The Labute approximate surface area is 181 Å². The highest BCUT2D eigenvalue weighted by atomic mass is 32.2. The third kappa shape index (κ3) is 4.80. The van der Waals surface area contributed by atoms with Crippen molar-refractivity contribution in [2.45, 2.75) is 17.9 Å². The van der Waals surface area contributed by atoms with Crippen molar-refractivity contribution in [2.24, 2.45) is 0 Å². The minimum Gasteiger partial charge on any atom is -0.486 e. The Morgan fingerprint density at radius 2 is 1.58 bits per heavy atom. The molecular weight excluding hydrogens is 416 g/mol. The fourth-order valence-electron chi connectivity index (χ4n) is 3.20. The molecule has 0 unspecified atom stereocenters. The number of carbonyl (C=O) groups is 1. The lowest BCUT2D eigenvalue weighted by Crippen LogP contribution is -2.27. The molecule has 0 fully saturated rings. The summed E-state index contributed by atoms with van der Waals surface area (Å²) in [6, 6.07) is 19.7. The molecule has 1 aliphatic heterocycles. The highest BCUT2D eigenvalue weighted by Crippen LogP contribution is 2.32. The number of anilines is 1. The van der Waals surface area contributed by atoms with E-state index in [1.165, 1.54) is 24.3 Å². The maximum atomic E-state index is 12.6. The van der Waals surface area contributed by atoms with E-state index < -0.39 is 10.0 Å². The number of nitrogens with one attached hydrogen (secondary N) is 2. The Kier molecular flexibility index (Phi) is 5.81. The minimum absolute atomic E-state index is 0.0767. The van der Waals surface area contributed by atoms with Crippen molar-refractivity contribution >= 4 is 21.6 Å². The number of hydrogen-bond donors (Lipinski definition) is 2. The van der Waals surface area contributed by atoms with Crippen molar-refractivity contribution in [3.63, 3.8) is 0 Å². The van der Waals surface area contributed by atoms with E-state index in [4.69, 9.17) is 9.47 Å². The van der Waals surface area contributed by atoms with Gasteiger partial charge in [0.1, 0.15) is 13.2 Å². The van der Waals surface area contributed by atoms with Crippen LogP contribution in [0, 0.1) is 0 Å². The van der Waals surface area contributed by atoms with Gasteiger partial charge >= 0.3 is 0 Å². The fourth-order valence-corrected chi connectivity index (χ4v) is 4.26. The molecule has 3 aromatic carbocycles. The maximum absolute atomic E-state index is 12.6. The highest BCUT2D eigenvalue weighted by molar-refractivity contribution is 7.92. The number of para-hydroxylation sites is 1. The van der Waals surface area contributed by atoms with Gasteiger partial charge in [-0.1, -0.05) is 24.3 Å². The Hall–Kier alpha value is -3.52. The molecule has 4 rings (SSSR count). The zero-order valence-electron chi connectivity index (χ0n) is 16.9. The number of rotatable bonds is 6. The summed E-state index contributed by atoms with van der Waals surface area (Å²) < 4.78 is 38.7. The highest BCUT2D eigenvalue weighted by Gasteiger charge is 2.18. The van der Waals surface area contributed by atoms with Crippen molar-refractivity contribution in [1.29, 1.82) is 0 Å². The molecule has 0 aliphatic carbocycles. The normalized spacial score (nSPS) is 13.8. The largest absolute Gasteiger partial charge is 0.486 e. The molecule has 160 valence electrons. The van der Waals surface area contributed by atoms with Crippen LogP contribution in [0.2, 0.25) is 0 Å². The molecule has 3 aromatic rings. The zero-order chi connectivity index (χ0) is 21.8. The predicted molar refractivity (Wildman–Crippen MR) is 117 cm³/mol. The smallest absolute Gasteiger partial charge is 0.261 e.